The Morgan fingerprint density at radius 2 is 1.86 bits per heavy atom. The van der Waals surface area contributed by atoms with Crippen LogP contribution in [0.1, 0.15) is 27.5 Å². The van der Waals surface area contributed by atoms with Crippen LogP contribution in [0.2, 0.25) is 0 Å². The van der Waals surface area contributed by atoms with Crippen LogP contribution >= 0.6 is 0 Å². The molecule has 2 aromatic heterocycles. The predicted molar refractivity (Wildman–Crippen MR) is 110 cm³/mol. The lowest BCUT2D eigenvalue weighted by Gasteiger charge is -2.33. The third-order valence-corrected chi connectivity index (χ3v) is 5.84. The molecule has 0 bridgehead atoms. The maximum absolute atomic E-state index is 13.1. The summed E-state index contributed by atoms with van der Waals surface area (Å²) in [5, 5.41) is 0. The number of carbonyl (C=O) groups excluding carboxylic acids is 1. The summed E-state index contributed by atoms with van der Waals surface area (Å²) in [5.74, 6) is 0.857. The highest BCUT2D eigenvalue weighted by Crippen LogP contribution is 2.18. The van der Waals surface area contributed by atoms with Crippen molar-refractivity contribution in [2.75, 3.05) is 37.6 Å². The number of hydrogen-bond donors (Lipinski definition) is 1. The van der Waals surface area contributed by atoms with Crippen molar-refractivity contribution in [1.82, 2.24) is 4.57 Å². The highest BCUT2D eigenvalue weighted by molar-refractivity contribution is 5.98. The molecule has 1 saturated heterocycles. The van der Waals surface area contributed by atoms with Gasteiger partial charge in [0.2, 0.25) is 5.78 Å². The topological polar surface area (TPSA) is 42.8 Å². The number of carbonyl (C=O) groups is 1. The molecule has 0 amide bonds. The minimum Gasteiger partial charge on any atom is -0.467 e. The van der Waals surface area contributed by atoms with Gasteiger partial charge in [-0.2, -0.15) is 0 Å². The van der Waals surface area contributed by atoms with Gasteiger partial charge in [-0.3, -0.25) is 4.79 Å². The van der Waals surface area contributed by atoms with E-state index >= 15 is 0 Å². The van der Waals surface area contributed by atoms with Crippen LogP contribution < -0.4 is 9.80 Å². The summed E-state index contributed by atoms with van der Waals surface area (Å²) >= 11 is 0. The van der Waals surface area contributed by atoms with E-state index < -0.39 is 0 Å². The van der Waals surface area contributed by atoms with E-state index in [4.69, 9.17) is 4.42 Å². The van der Waals surface area contributed by atoms with Crippen LogP contribution in [0.4, 0.5) is 10.1 Å². The maximum atomic E-state index is 13.1. The lowest BCUT2D eigenvalue weighted by atomic mass is 10.1. The fraction of sp³-hybridized carbons (Fsp3) is 0.348. The van der Waals surface area contributed by atoms with Crippen LogP contribution in [0.15, 0.2) is 53.1 Å². The van der Waals surface area contributed by atoms with Gasteiger partial charge in [-0.05, 0) is 56.3 Å². The Balaban J connectivity index is 1.37. The van der Waals surface area contributed by atoms with Crippen LogP contribution in [0.25, 0.3) is 0 Å². The fourth-order valence-electron chi connectivity index (χ4n) is 4.12. The Morgan fingerprint density at radius 3 is 2.52 bits per heavy atom. The standard InChI is InChI=1S/C23H26FN3O2/c1-17-14-22(18(2)27(17)15-21-4-3-13-29-21)23(28)16-25-9-11-26(12-10-25)20-7-5-19(24)6-8-20/h3-8,13-14H,9-12,15-16H2,1-2H3/p+1. The number of nitrogens with zero attached hydrogens (tertiary/aromatic N) is 2. The van der Waals surface area contributed by atoms with Gasteiger partial charge in [0.25, 0.3) is 0 Å². The lowest BCUT2D eigenvalue weighted by Crippen LogP contribution is -3.15. The summed E-state index contributed by atoms with van der Waals surface area (Å²) in [6.07, 6.45) is 1.67. The van der Waals surface area contributed by atoms with E-state index in [1.165, 1.54) is 17.0 Å². The molecule has 1 aromatic carbocycles. The van der Waals surface area contributed by atoms with Crippen molar-refractivity contribution in [3.63, 3.8) is 0 Å². The number of hydrogen-bond acceptors (Lipinski definition) is 3. The molecule has 5 nitrogen and oxygen atoms in total. The summed E-state index contributed by atoms with van der Waals surface area (Å²) in [6.45, 7) is 8.70. The minimum atomic E-state index is -0.215. The molecular formula is C23H27FN3O2+. The molecule has 3 aromatic rings. The summed E-state index contributed by atoms with van der Waals surface area (Å²) in [4.78, 5) is 16.5. The van der Waals surface area contributed by atoms with Crippen molar-refractivity contribution >= 4 is 11.5 Å². The van der Waals surface area contributed by atoms with Crippen molar-refractivity contribution in [2.24, 2.45) is 0 Å². The fourth-order valence-corrected chi connectivity index (χ4v) is 4.12. The van der Waals surface area contributed by atoms with Crippen LogP contribution in [-0.4, -0.2) is 43.1 Å². The van der Waals surface area contributed by atoms with E-state index in [1.54, 1.807) is 6.26 Å². The summed E-state index contributed by atoms with van der Waals surface area (Å²) in [7, 11) is 0. The molecule has 0 unspecified atom stereocenters. The first kappa shape index (κ1) is 19.5. The molecule has 0 aliphatic carbocycles. The van der Waals surface area contributed by atoms with E-state index in [0.29, 0.717) is 13.1 Å². The number of nitrogens with one attached hydrogen (secondary N) is 1. The van der Waals surface area contributed by atoms with Crippen LogP contribution in [0.5, 0.6) is 0 Å². The zero-order chi connectivity index (χ0) is 20.4. The number of Topliss-reactive ketones (excluding diaryl/α,β-unsaturated/α-hetero) is 1. The summed E-state index contributed by atoms with van der Waals surface area (Å²) in [5.41, 5.74) is 3.91. The second-order valence-corrected chi connectivity index (χ2v) is 7.76. The first-order valence-electron chi connectivity index (χ1n) is 10.1. The molecule has 29 heavy (non-hydrogen) atoms. The zero-order valence-electron chi connectivity index (χ0n) is 17.0. The number of halogens is 1. The predicted octanol–water partition coefficient (Wildman–Crippen LogP) is 2.47. The SMILES string of the molecule is Cc1cc(C(=O)C[NH+]2CCN(c3ccc(F)cc3)CC2)c(C)n1Cc1ccco1. The van der Waals surface area contributed by atoms with Crippen LogP contribution in [0, 0.1) is 19.7 Å². The van der Waals surface area contributed by atoms with Gasteiger partial charge in [0.15, 0.2) is 0 Å². The second-order valence-electron chi connectivity index (χ2n) is 7.76. The Morgan fingerprint density at radius 1 is 1.14 bits per heavy atom. The van der Waals surface area contributed by atoms with Gasteiger partial charge < -0.3 is 18.8 Å². The number of piperazine rings is 1. The van der Waals surface area contributed by atoms with Crippen LogP contribution in [-0.2, 0) is 6.54 Å². The van der Waals surface area contributed by atoms with Gasteiger partial charge in [0.05, 0.1) is 39.0 Å². The monoisotopic (exact) mass is 396 g/mol. The number of ketones is 1. The Labute approximate surface area is 170 Å². The maximum Gasteiger partial charge on any atom is 0.218 e. The van der Waals surface area contributed by atoms with Crippen molar-refractivity contribution in [2.45, 2.75) is 20.4 Å². The molecule has 0 radical (unpaired) electrons. The van der Waals surface area contributed by atoms with Gasteiger partial charge >= 0.3 is 0 Å². The Hall–Kier alpha value is -2.86. The lowest BCUT2D eigenvalue weighted by molar-refractivity contribution is -0.892. The van der Waals surface area contributed by atoms with Crippen molar-refractivity contribution in [3.8, 4) is 0 Å². The zero-order valence-corrected chi connectivity index (χ0v) is 17.0. The van der Waals surface area contributed by atoms with E-state index in [1.807, 2.05) is 44.2 Å². The van der Waals surface area contributed by atoms with Gasteiger partial charge in [-0.25, -0.2) is 4.39 Å². The van der Waals surface area contributed by atoms with Gasteiger partial charge in [-0.15, -0.1) is 0 Å². The normalized spacial score (nSPS) is 15.1. The molecule has 0 saturated carbocycles. The number of aromatic nitrogens is 1. The minimum absolute atomic E-state index is 0.189. The number of anilines is 1. The number of furan rings is 1. The van der Waals surface area contributed by atoms with E-state index in [0.717, 1.165) is 54.6 Å². The molecule has 1 fully saturated rings. The Kier molecular flexibility index (Phi) is 5.53. The van der Waals surface area contributed by atoms with Gasteiger partial charge in [0, 0.05) is 22.6 Å². The Bertz CT molecular complexity index is 968. The third-order valence-electron chi connectivity index (χ3n) is 5.84. The quantitative estimate of drug-likeness (QED) is 0.651. The average molecular weight is 396 g/mol. The van der Waals surface area contributed by atoms with Crippen molar-refractivity contribution in [1.29, 1.82) is 0 Å². The molecule has 1 aliphatic rings. The van der Waals surface area contributed by atoms with Gasteiger partial charge in [-0.1, -0.05) is 0 Å². The number of aryl methyl sites for hydroxylation is 1. The molecule has 1 aliphatic heterocycles. The molecular weight excluding hydrogens is 369 g/mol. The summed E-state index contributed by atoms with van der Waals surface area (Å²) < 4.78 is 20.7. The molecule has 0 spiro atoms. The van der Waals surface area contributed by atoms with E-state index in [9.17, 15) is 9.18 Å². The molecule has 1 N–H and O–H groups in total. The average Bonchev–Trinajstić information content (AvgIpc) is 3.33. The first-order valence-corrected chi connectivity index (χ1v) is 10.1. The molecule has 6 heteroatoms. The number of benzene rings is 1. The van der Waals surface area contributed by atoms with Gasteiger partial charge in [0.1, 0.15) is 18.1 Å². The second kappa shape index (κ2) is 8.25. The van der Waals surface area contributed by atoms with E-state index in [2.05, 4.69) is 9.47 Å². The molecule has 0 atom stereocenters. The summed E-state index contributed by atoms with van der Waals surface area (Å²) in [6, 6.07) is 12.5. The smallest absolute Gasteiger partial charge is 0.218 e. The van der Waals surface area contributed by atoms with Crippen molar-refractivity contribution < 1.29 is 18.5 Å². The molecule has 4 rings (SSSR count). The molecule has 152 valence electrons. The first-order chi connectivity index (χ1) is 14.0. The van der Waals surface area contributed by atoms with Crippen molar-refractivity contribution in [3.05, 3.63) is 77.3 Å². The molecule has 3 heterocycles. The third kappa shape index (κ3) is 4.27. The van der Waals surface area contributed by atoms with Crippen LogP contribution in [0.3, 0.4) is 0 Å². The van der Waals surface area contributed by atoms with E-state index in [-0.39, 0.29) is 11.6 Å². The number of quaternary nitrogens is 1. The highest BCUT2D eigenvalue weighted by Gasteiger charge is 2.25. The number of rotatable bonds is 6. The highest BCUT2D eigenvalue weighted by atomic mass is 19.1. The largest absolute Gasteiger partial charge is 0.467 e.